The molecule has 11 heavy (non-hydrogen) atoms. The highest BCUT2D eigenvalue weighted by molar-refractivity contribution is 5.87. The number of aliphatic imine (C=N–C) groups is 1. The molecule has 0 spiro atoms. The lowest BCUT2D eigenvalue weighted by Crippen LogP contribution is -2.37. The highest BCUT2D eigenvalue weighted by Gasteiger charge is 2.25. The van der Waals surface area contributed by atoms with Crippen LogP contribution in [0.4, 0.5) is 0 Å². The van der Waals surface area contributed by atoms with Crippen molar-refractivity contribution in [1.82, 2.24) is 4.90 Å². The maximum Gasteiger partial charge on any atom is 0.107 e. The summed E-state index contributed by atoms with van der Waals surface area (Å²) in [7, 11) is 0. The van der Waals surface area contributed by atoms with E-state index in [1.165, 1.54) is 12.3 Å². The normalized spacial score (nSPS) is 35.5. The molecule has 2 nitrogen and oxygen atoms in total. The van der Waals surface area contributed by atoms with Crippen LogP contribution in [0.5, 0.6) is 0 Å². The van der Waals surface area contributed by atoms with E-state index in [4.69, 9.17) is 0 Å². The van der Waals surface area contributed by atoms with Crippen LogP contribution >= 0.6 is 0 Å². The minimum atomic E-state index is 0.524. The van der Waals surface area contributed by atoms with Gasteiger partial charge in [0.05, 0.1) is 6.04 Å². The van der Waals surface area contributed by atoms with Gasteiger partial charge < -0.3 is 4.90 Å². The molecular formula is C9H14N2. The van der Waals surface area contributed by atoms with Crippen LogP contribution in [-0.4, -0.2) is 22.8 Å². The number of hydrogen-bond donors (Lipinski definition) is 0. The SMILES string of the molecule is CC1CC(C)N2C=CCC2=N1. The molecule has 0 aliphatic carbocycles. The molecule has 2 atom stereocenters. The molecule has 2 aliphatic heterocycles. The summed E-state index contributed by atoms with van der Waals surface area (Å²) in [6, 6.07) is 1.17. The summed E-state index contributed by atoms with van der Waals surface area (Å²) >= 11 is 0. The number of hydrogen-bond acceptors (Lipinski definition) is 2. The van der Waals surface area contributed by atoms with Crippen LogP contribution in [0.3, 0.4) is 0 Å². The van der Waals surface area contributed by atoms with Crippen molar-refractivity contribution in [2.45, 2.75) is 38.8 Å². The van der Waals surface area contributed by atoms with Crippen LogP contribution < -0.4 is 0 Å². The van der Waals surface area contributed by atoms with Gasteiger partial charge in [0.1, 0.15) is 5.84 Å². The quantitative estimate of drug-likeness (QED) is 0.514. The van der Waals surface area contributed by atoms with Gasteiger partial charge in [-0.25, -0.2) is 0 Å². The zero-order valence-electron chi connectivity index (χ0n) is 7.12. The summed E-state index contributed by atoms with van der Waals surface area (Å²) in [4.78, 5) is 6.87. The van der Waals surface area contributed by atoms with Crippen LogP contribution in [0.25, 0.3) is 0 Å². The fraction of sp³-hybridized carbons (Fsp3) is 0.667. The molecule has 0 aromatic carbocycles. The molecule has 0 radical (unpaired) electrons. The van der Waals surface area contributed by atoms with Crippen molar-refractivity contribution < 1.29 is 0 Å². The third-order valence-corrected chi connectivity index (χ3v) is 2.39. The van der Waals surface area contributed by atoms with E-state index in [1.807, 2.05) is 0 Å². The number of rotatable bonds is 0. The van der Waals surface area contributed by atoms with E-state index in [0.29, 0.717) is 12.1 Å². The zero-order valence-corrected chi connectivity index (χ0v) is 7.12. The molecule has 2 unspecified atom stereocenters. The van der Waals surface area contributed by atoms with Crippen molar-refractivity contribution in [3.8, 4) is 0 Å². The van der Waals surface area contributed by atoms with Crippen molar-refractivity contribution in [2.24, 2.45) is 4.99 Å². The summed E-state index contributed by atoms with van der Waals surface area (Å²) in [6.45, 7) is 4.46. The van der Waals surface area contributed by atoms with Crippen LogP contribution in [0, 0.1) is 0 Å². The number of amidine groups is 1. The monoisotopic (exact) mass is 150 g/mol. The molecule has 2 heterocycles. The maximum absolute atomic E-state index is 4.57. The first-order valence-corrected chi connectivity index (χ1v) is 4.29. The molecule has 0 saturated heterocycles. The minimum absolute atomic E-state index is 0.524. The number of nitrogens with zero attached hydrogens (tertiary/aromatic N) is 2. The Labute approximate surface area is 67.6 Å². The van der Waals surface area contributed by atoms with E-state index in [2.05, 4.69) is 36.0 Å². The lowest BCUT2D eigenvalue weighted by atomic mass is 10.1. The predicted octanol–water partition coefficient (Wildman–Crippen LogP) is 1.79. The Morgan fingerprint density at radius 1 is 1.55 bits per heavy atom. The van der Waals surface area contributed by atoms with Crippen LogP contribution in [-0.2, 0) is 0 Å². The summed E-state index contributed by atoms with van der Waals surface area (Å²) < 4.78 is 0. The van der Waals surface area contributed by atoms with Gasteiger partial charge >= 0.3 is 0 Å². The number of fused-ring (bicyclic) bond motifs is 1. The van der Waals surface area contributed by atoms with E-state index in [0.717, 1.165) is 6.42 Å². The first-order valence-electron chi connectivity index (χ1n) is 4.29. The molecular weight excluding hydrogens is 136 g/mol. The van der Waals surface area contributed by atoms with E-state index < -0.39 is 0 Å². The van der Waals surface area contributed by atoms with Gasteiger partial charge in [-0.1, -0.05) is 6.08 Å². The van der Waals surface area contributed by atoms with Crippen LogP contribution in [0.15, 0.2) is 17.3 Å². The molecule has 2 rings (SSSR count). The molecule has 0 saturated carbocycles. The fourth-order valence-electron chi connectivity index (χ4n) is 1.90. The minimum Gasteiger partial charge on any atom is -0.334 e. The maximum atomic E-state index is 4.57. The van der Waals surface area contributed by atoms with Crippen molar-refractivity contribution in [3.05, 3.63) is 12.3 Å². The van der Waals surface area contributed by atoms with Gasteiger partial charge in [0.15, 0.2) is 0 Å². The van der Waals surface area contributed by atoms with Crippen molar-refractivity contribution in [2.75, 3.05) is 0 Å². The van der Waals surface area contributed by atoms with Gasteiger partial charge in [0.25, 0.3) is 0 Å². The van der Waals surface area contributed by atoms with E-state index in [1.54, 1.807) is 0 Å². The second-order valence-corrected chi connectivity index (χ2v) is 3.48. The molecule has 0 fully saturated rings. The summed E-state index contributed by atoms with van der Waals surface area (Å²) in [5, 5.41) is 0. The Bertz CT molecular complexity index is 218. The molecule has 0 aromatic heterocycles. The molecule has 0 N–H and O–H groups in total. The summed E-state index contributed by atoms with van der Waals surface area (Å²) in [6.07, 6.45) is 6.57. The Morgan fingerprint density at radius 2 is 2.36 bits per heavy atom. The lowest BCUT2D eigenvalue weighted by Gasteiger charge is -2.31. The zero-order chi connectivity index (χ0) is 7.84. The highest BCUT2D eigenvalue weighted by atomic mass is 15.2. The average molecular weight is 150 g/mol. The second kappa shape index (κ2) is 2.36. The smallest absolute Gasteiger partial charge is 0.107 e. The Morgan fingerprint density at radius 3 is 3.18 bits per heavy atom. The van der Waals surface area contributed by atoms with Gasteiger partial charge in [-0.2, -0.15) is 0 Å². The molecule has 0 amide bonds. The van der Waals surface area contributed by atoms with E-state index >= 15 is 0 Å². The predicted molar refractivity (Wildman–Crippen MR) is 46.6 cm³/mol. The lowest BCUT2D eigenvalue weighted by molar-refractivity contribution is 0.358. The summed E-state index contributed by atoms with van der Waals surface area (Å²) in [5.41, 5.74) is 0. The first kappa shape index (κ1) is 6.89. The standard InChI is InChI=1S/C9H14N2/c1-7-6-8(2)11-5-3-4-9(11)10-7/h3,5,7-8H,4,6H2,1-2H3. The van der Waals surface area contributed by atoms with Crippen LogP contribution in [0.2, 0.25) is 0 Å². The van der Waals surface area contributed by atoms with Gasteiger partial charge in [-0.15, -0.1) is 0 Å². The molecule has 2 heteroatoms. The van der Waals surface area contributed by atoms with Crippen molar-refractivity contribution in [1.29, 1.82) is 0 Å². The van der Waals surface area contributed by atoms with Gasteiger partial charge in [-0.3, -0.25) is 4.99 Å². The molecule has 0 bridgehead atoms. The Hall–Kier alpha value is -0.790. The van der Waals surface area contributed by atoms with Crippen molar-refractivity contribution in [3.63, 3.8) is 0 Å². The van der Waals surface area contributed by atoms with Crippen molar-refractivity contribution >= 4 is 5.84 Å². The van der Waals surface area contributed by atoms with Gasteiger partial charge in [0, 0.05) is 18.7 Å². The van der Waals surface area contributed by atoms with E-state index in [-0.39, 0.29) is 0 Å². The third kappa shape index (κ3) is 1.06. The molecule has 60 valence electrons. The molecule has 2 aliphatic rings. The second-order valence-electron chi connectivity index (χ2n) is 3.48. The highest BCUT2D eigenvalue weighted by Crippen LogP contribution is 2.22. The first-order chi connectivity index (χ1) is 5.27. The average Bonchev–Trinajstić information content (AvgIpc) is 2.34. The molecule has 0 aromatic rings. The van der Waals surface area contributed by atoms with Gasteiger partial charge in [0.2, 0.25) is 0 Å². The Kier molecular flexibility index (Phi) is 1.48. The van der Waals surface area contributed by atoms with E-state index in [9.17, 15) is 0 Å². The summed E-state index contributed by atoms with van der Waals surface area (Å²) in [5.74, 6) is 1.26. The topological polar surface area (TPSA) is 15.6 Å². The van der Waals surface area contributed by atoms with Crippen LogP contribution in [0.1, 0.15) is 26.7 Å². The largest absolute Gasteiger partial charge is 0.334 e. The Balaban J connectivity index is 2.25. The van der Waals surface area contributed by atoms with Gasteiger partial charge in [-0.05, 0) is 20.3 Å². The third-order valence-electron chi connectivity index (χ3n) is 2.39. The fourth-order valence-corrected chi connectivity index (χ4v) is 1.90.